The van der Waals surface area contributed by atoms with Crippen LogP contribution in [0, 0.1) is 0 Å². The number of nitrogens with one attached hydrogen (secondary N) is 2. The van der Waals surface area contributed by atoms with Crippen molar-refractivity contribution in [1.82, 2.24) is 9.97 Å². The molecule has 0 spiro atoms. The molecule has 0 fully saturated rings. The van der Waals surface area contributed by atoms with Gasteiger partial charge in [0.25, 0.3) is 5.56 Å². The van der Waals surface area contributed by atoms with Gasteiger partial charge in [0.1, 0.15) is 5.82 Å². The van der Waals surface area contributed by atoms with Gasteiger partial charge in [-0.05, 0) is 24.1 Å². The van der Waals surface area contributed by atoms with Gasteiger partial charge in [0, 0.05) is 10.6 Å². The summed E-state index contributed by atoms with van der Waals surface area (Å²) in [4.78, 5) is 33.2. The highest BCUT2D eigenvalue weighted by Gasteiger charge is 2.36. The smallest absolute Gasteiger partial charge is 0.336 e. The molecular weight excluding hydrogens is 346 g/mol. The molecule has 0 saturated carbocycles. The average Bonchev–Trinajstić information content (AvgIpc) is 3.07. The van der Waals surface area contributed by atoms with Gasteiger partial charge < -0.3 is 15.0 Å². The number of ether oxygens (including phenoxy) is 1. The van der Waals surface area contributed by atoms with Crippen molar-refractivity contribution in [2.75, 3.05) is 18.2 Å². The first-order valence-electron chi connectivity index (χ1n) is 7.43. The van der Waals surface area contributed by atoms with Crippen LogP contribution < -0.4 is 10.9 Å². The maximum absolute atomic E-state index is 12.7. The molecule has 1 aliphatic rings. The summed E-state index contributed by atoms with van der Waals surface area (Å²) in [5.74, 6) is 0.373. The van der Waals surface area contributed by atoms with E-state index in [2.05, 4.69) is 15.3 Å². The van der Waals surface area contributed by atoms with Crippen molar-refractivity contribution >= 4 is 34.9 Å². The fourth-order valence-corrected chi connectivity index (χ4v) is 4.19. The van der Waals surface area contributed by atoms with E-state index >= 15 is 0 Å². The summed E-state index contributed by atoms with van der Waals surface area (Å²) < 4.78 is 4.94. The number of aromatic nitrogens is 2. The molecule has 0 aromatic carbocycles. The number of carbonyl (C=O) groups is 1. The fourth-order valence-electron chi connectivity index (χ4n) is 2.76. The van der Waals surface area contributed by atoms with Gasteiger partial charge in [-0.3, -0.25) is 4.79 Å². The predicted octanol–water partition coefficient (Wildman–Crippen LogP) is 2.95. The number of fused-ring (bicyclic) bond motifs is 1. The number of anilines is 1. The first-order chi connectivity index (χ1) is 11.6. The molecule has 2 N–H and O–H groups in total. The van der Waals surface area contributed by atoms with Crippen molar-refractivity contribution in [2.24, 2.45) is 0 Å². The molecule has 6 nitrogen and oxygen atoms in total. The molecule has 2 aromatic heterocycles. The second-order valence-corrected chi connectivity index (χ2v) is 7.40. The van der Waals surface area contributed by atoms with E-state index in [1.165, 1.54) is 30.2 Å². The molecule has 8 heteroatoms. The van der Waals surface area contributed by atoms with Crippen molar-refractivity contribution in [3.8, 4) is 0 Å². The molecule has 0 amide bonds. The van der Waals surface area contributed by atoms with Crippen molar-refractivity contribution in [3.05, 3.63) is 49.6 Å². The van der Waals surface area contributed by atoms with Gasteiger partial charge in [-0.25, -0.2) is 9.78 Å². The Morgan fingerprint density at radius 2 is 2.29 bits per heavy atom. The standard InChI is InChI=1S/C16H17N3O3S2/c1-4-23-16-18-13-12(14(20)19-16)11(9-6-5-7-24-9)10(8(2)17-13)15(21)22-3/h5-7,11H,4H2,1-3H3,(H2,17,18,19,20)/t11-/m0/s1. The number of H-pyrrole nitrogens is 1. The van der Waals surface area contributed by atoms with E-state index in [0.29, 0.717) is 27.8 Å². The van der Waals surface area contributed by atoms with E-state index in [-0.39, 0.29) is 5.56 Å². The summed E-state index contributed by atoms with van der Waals surface area (Å²) in [5, 5.41) is 5.58. The Morgan fingerprint density at radius 3 is 2.92 bits per heavy atom. The lowest BCUT2D eigenvalue weighted by atomic mass is 9.86. The summed E-state index contributed by atoms with van der Waals surface area (Å²) in [5.41, 5.74) is 1.30. The number of esters is 1. The SMILES string of the molecule is CCSc1nc2c(c(=O)[nH]1)[C@@H](c1cccs1)C(C(=O)OC)=C(C)N2. The lowest BCUT2D eigenvalue weighted by Gasteiger charge is -2.27. The number of carbonyl (C=O) groups excluding carboxylic acids is 1. The van der Waals surface area contributed by atoms with Crippen molar-refractivity contribution < 1.29 is 9.53 Å². The Bertz CT molecular complexity index is 856. The zero-order valence-electron chi connectivity index (χ0n) is 13.5. The zero-order chi connectivity index (χ0) is 17.3. The van der Waals surface area contributed by atoms with E-state index in [1.807, 2.05) is 24.4 Å². The van der Waals surface area contributed by atoms with E-state index in [1.54, 1.807) is 6.92 Å². The maximum atomic E-state index is 12.7. The van der Waals surface area contributed by atoms with E-state index in [9.17, 15) is 9.59 Å². The van der Waals surface area contributed by atoms with Crippen LogP contribution in [0.1, 0.15) is 30.2 Å². The molecule has 0 bridgehead atoms. The number of thiophene rings is 1. The minimum Gasteiger partial charge on any atom is -0.466 e. The number of aromatic amines is 1. The highest BCUT2D eigenvalue weighted by molar-refractivity contribution is 7.99. The first-order valence-corrected chi connectivity index (χ1v) is 9.29. The van der Waals surface area contributed by atoms with Crippen LogP contribution in [-0.4, -0.2) is 28.8 Å². The lowest BCUT2D eigenvalue weighted by Crippen LogP contribution is -2.30. The summed E-state index contributed by atoms with van der Waals surface area (Å²) in [7, 11) is 1.34. The van der Waals surface area contributed by atoms with Crippen LogP contribution >= 0.6 is 23.1 Å². The Balaban J connectivity index is 2.23. The van der Waals surface area contributed by atoms with E-state index in [0.717, 1.165) is 10.6 Å². The molecule has 0 aliphatic carbocycles. The van der Waals surface area contributed by atoms with Crippen molar-refractivity contribution in [2.45, 2.75) is 24.9 Å². The Hall–Kier alpha value is -2.06. The van der Waals surface area contributed by atoms with Crippen LogP contribution in [0.2, 0.25) is 0 Å². The van der Waals surface area contributed by atoms with E-state index < -0.39 is 11.9 Å². The molecule has 0 radical (unpaired) electrons. The van der Waals surface area contributed by atoms with Crippen LogP contribution in [0.25, 0.3) is 0 Å². The number of nitrogens with zero attached hydrogens (tertiary/aromatic N) is 1. The fraction of sp³-hybridized carbons (Fsp3) is 0.312. The molecule has 3 rings (SSSR count). The molecule has 3 heterocycles. The quantitative estimate of drug-likeness (QED) is 0.494. The van der Waals surface area contributed by atoms with Crippen molar-refractivity contribution in [3.63, 3.8) is 0 Å². The number of hydrogen-bond acceptors (Lipinski definition) is 7. The highest BCUT2D eigenvalue weighted by atomic mass is 32.2. The molecule has 0 saturated heterocycles. The number of methoxy groups -OCH3 is 1. The summed E-state index contributed by atoms with van der Waals surface area (Å²) in [6, 6.07) is 3.81. The second kappa shape index (κ2) is 6.82. The normalized spacial score (nSPS) is 16.5. The predicted molar refractivity (Wildman–Crippen MR) is 95.8 cm³/mol. The second-order valence-electron chi connectivity index (χ2n) is 5.17. The summed E-state index contributed by atoms with van der Waals surface area (Å²) >= 11 is 2.96. The van der Waals surface area contributed by atoms with Crippen molar-refractivity contribution in [1.29, 1.82) is 0 Å². The van der Waals surface area contributed by atoms with Gasteiger partial charge in [-0.15, -0.1) is 11.3 Å². The topological polar surface area (TPSA) is 84.1 Å². The van der Waals surface area contributed by atoms with Crippen LogP contribution in [0.3, 0.4) is 0 Å². The number of hydrogen-bond donors (Lipinski definition) is 2. The van der Waals surface area contributed by atoms with Crippen LogP contribution in [0.5, 0.6) is 0 Å². The van der Waals surface area contributed by atoms with Gasteiger partial charge in [0.05, 0.1) is 24.2 Å². The highest BCUT2D eigenvalue weighted by Crippen LogP contribution is 2.41. The largest absolute Gasteiger partial charge is 0.466 e. The van der Waals surface area contributed by atoms with E-state index in [4.69, 9.17) is 4.74 Å². The average molecular weight is 363 g/mol. The third kappa shape index (κ3) is 2.87. The Morgan fingerprint density at radius 1 is 1.50 bits per heavy atom. The van der Waals surface area contributed by atoms with Crippen LogP contribution in [0.4, 0.5) is 5.82 Å². The molecule has 126 valence electrons. The molecule has 1 atom stereocenters. The summed E-state index contributed by atoms with van der Waals surface area (Å²) in [6.07, 6.45) is 0. The third-order valence-corrected chi connectivity index (χ3v) is 5.43. The maximum Gasteiger partial charge on any atom is 0.336 e. The minimum absolute atomic E-state index is 0.240. The Kier molecular flexibility index (Phi) is 4.77. The van der Waals surface area contributed by atoms with Gasteiger partial charge in [-0.2, -0.15) is 0 Å². The minimum atomic E-state index is -0.481. The lowest BCUT2D eigenvalue weighted by molar-refractivity contribution is -0.136. The third-order valence-electron chi connectivity index (χ3n) is 3.73. The summed E-state index contributed by atoms with van der Waals surface area (Å²) in [6.45, 7) is 3.79. The first kappa shape index (κ1) is 16.8. The van der Waals surface area contributed by atoms with Crippen LogP contribution in [-0.2, 0) is 9.53 Å². The molecule has 2 aromatic rings. The van der Waals surface area contributed by atoms with Gasteiger partial charge in [0.2, 0.25) is 0 Å². The number of allylic oxidation sites excluding steroid dienone is 1. The molecule has 1 aliphatic heterocycles. The van der Waals surface area contributed by atoms with Gasteiger partial charge in [-0.1, -0.05) is 24.8 Å². The monoisotopic (exact) mass is 363 g/mol. The van der Waals surface area contributed by atoms with Gasteiger partial charge in [0.15, 0.2) is 5.16 Å². The van der Waals surface area contributed by atoms with Gasteiger partial charge >= 0.3 is 5.97 Å². The van der Waals surface area contributed by atoms with Crippen LogP contribution in [0.15, 0.2) is 38.7 Å². The molecule has 24 heavy (non-hydrogen) atoms. The number of rotatable bonds is 4. The molecule has 0 unspecified atom stereocenters. The number of thioether (sulfide) groups is 1. The zero-order valence-corrected chi connectivity index (χ0v) is 15.1. The molecular formula is C16H17N3O3S2. The Labute approximate surface area is 147 Å².